The van der Waals surface area contributed by atoms with Crippen LogP contribution in [0.1, 0.15) is 214 Å². The van der Waals surface area contributed by atoms with Crippen LogP contribution < -0.4 is 10.6 Å². The Kier molecular flexibility index (Phi) is 33.5. The molecule has 0 aromatic rings. The molecule has 2 N–H and O–H groups in total. The fourth-order valence-corrected chi connectivity index (χ4v) is 5.96. The molecule has 44 heavy (non-hydrogen) atoms. The van der Waals surface area contributed by atoms with Gasteiger partial charge in [-0.1, -0.05) is 155 Å². The van der Waals surface area contributed by atoms with Crippen LogP contribution in [0, 0.1) is 5.92 Å². The van der Waals surface area contributed by atoms with Crippen LogP contribution in [0.3, 0.4) is 0 Å². The maximum Gasteiger partial charge on any atom is 0.220 e. The summed E-state index contributed by atoms with van der Waals surface area (Å²) in [5.74, 6) is 0.847. The summed E-state index contributed by atoms with van der Waals surface area (Å²) in [4.78, 5) is 24.7. The van der Waals surface area contributed by atoms with Crippen molar-refractivity contribution in [1.82, 2.24) is 10.6 Å². The third-order valence-corrected chi connectivity index (χ3v) is 9.09. The number of carbonyl (C=O) groups is 2. The summed E-state index contributed by atoms with van der Waals surface area (Å²) in [6, 6.07) is 0.234. The van der Waals surface area contributed by atoms with E-state index in [0.29, 0.717) is 18.8 Å². The van der Waals surface area contributed by atoms with E-state index in [4.69, 9.17) is 0 Å². The van der Waals surface area contributed by atoms with Crippen molar-refractivity contribution in [3.05, 3.63) is 12.2 Å². The van der Waals surface area contributed by atoms with Gasteiger partial charge < -0.3 is 10.6 Å². The maximum atomic E-state index is 12.5. The smallest absolute Gasteiger partial charge is 0.220 e. The molecule has 0 saturated heterocycles. The first-order chi connectivity index (χ1) is 21.5. The van der Waals surface area contributed by atoms with Crippen molar-refractivity contribution in [2.45, 2.75) is 220 Å². The van der Waals surface area contributed by atoms with Gasteiger partial charge in [0.15, 0.2) is 0 Å². The molecule has 0 aliphatic carbocycles. The average molecular weight is 619 g/mol. The van der Waals surface area contributed by atoms with Gasteiger partial charge in [0.05, 0.1) is 0 Å². The third-order valence-electron chi connectivity index (χ3n) is 9.09. The second kappa shape index (κ2) is 34.6. The number of rotatable bonds is 34. The molecule has 4 nitrogen and oxygen atoms in total. The monoisotopic (exact) mass is 619 g/mol. The van der Waals surface area contributed by atoms with Crippen molar-refractivity contribution < 1.29 is 9.59 Å². The van der Waals surface area contributed by atoms with Crippen molar-refractivity contribution >= 4 is 11.8 Å². The highest BCUT2D eigenvalue weighted by Gasteiger charge is 2.15. The largest absolute Gasteiger partial charge is 0.356 e. The van der Waals surface area contributed by atoms with E-state index < -0.39 is 0 Å². The van der Waals surface area contributed by atoms with E-state index in [-0.39, 0.29) is 17.9 Å². The zero-order chi connectivity index (χ0) is 32.4. The topological polar surface area (TPSA) is 58.2 Å². The number of amides is 2. The van der Waals surface area contributed by atoms with Gasteiger partial charge in [-0.3, -0.25) is 9.59 Å². The van der Waals surface area contributed by atoms with Gasteiger partial charge in [-0.15, -0.1) is 0 Å². The van der Waals surface area contributed by atoms with Crippen LogP contribution >= 0.6 is 0 Å². The molecule has 0 rings (SSSR count). The molecule has 0 aromatic carbocycles. The summed E-state index contributed by atoms with van der Waals surface area (Å²) in [5, 5.41) is 6.40. The molecule has 0 unspecified atom stereocenters. The van der Waals surface area contributed by atoms with Gasteiger partial charge >= 0.3 is 0 Å². The van der Waals surface area contributed by atoms with E-state index in [0.717, 1.165) is 45.1 Å². The Balaban J connectivity index is 3.64. The second-order valence-electron chi connectivity index (χ2n) is 13.9. The molecule has 0 fully saturated rings. The minimum atomic E-state index is 0.203. The van der Waals surface area contributed by atoms with Crippen molar-refractivity contribution in [1.29, 1.82) is 0 Å². The lowest BCUT2D eigenvalue weighted by Crippen LogP contribution is -2.38. The Morgan fingerprint density at radius 2 is 0.909 bits per heavy atom. The number of hydrogen-bond donors (Lipinski definition) is 2. The lowest BCUT2D eigenvalue weighted by molar-refractivity contribution is -0.122. The summed E-state index contributed by atoms with van der Waals surface area (Å²) in [7, 11) is 0. The predicted octanol–water partition coefficient (Wildman–Crippen LogP) is 12.2. The number of hydrogen-bond acceptors (Lipinski definition) is 2. The van der Waals surface area contributed by atoms with E-state index in [2.05, 4.69) is 50.5 Å². The van der Waals surface area contributed by atoms with E-state index in [1.807, 2.05) is 0 Å². The Bertz CT molecular complexity index is 645. The zero-order valence-electron chi connectivity index (χ0n) is 30.3. The van der Waals surface area contributed by atoms with E-state index >= 15 is 0 Å². The van der Waals surface area contributed by atoms with Crippen LogP contribution in [0.15, 0.2) is 12.2 Å². The van der Waals surface area contributed by atoms with E-state index in [1.165, 1.54) is 135 Å². The standard InChI is InChI=1S/C40H78N2O2/c1-5-7-9-11-13-15-17-18-19-20-22-24-26-28-30-35-40(44)42-38(37(3)4)33-31-32-36-41-39(43)34-29-27-25-23-21-16-14-12-10-8-6-2/h18-19,37-38H,5-17,20-36H2,1-4H3,(H,41,43)(H,42,44)/b19-18-/t38-/m0/s1. The Hall–Kier alpha value is -1.32. The molecule has 0 aliphatic rings. The molecule has 0 radical (unpaired) electrons. The van der Waals surface area contributed by atoms with Crippen LogP contribution in [0.4, 0.5) is 0 Å². The summed E-state index contributed by atoms with van der Waals surface area (Å²) < 4.78 is 0. The highest BCUT2D eigenvalue weighted by molar-refractivity contribution is 5.76. The Labute approximate surface area is 276 Å². The number of nitrogens with one attached hydrogen (secondary N) is 2. The minimum absolute atomic E-state index is 0.203. The zero-order valence-corrected chi connectivity index (χ0v) is 30.3. The Morgan fingerprint density at radius 1 is 0.500 bits per heavy atom. The van der Waals surface area contributed by atoms with Crippen molar-refractivity contribution in [3.8, 4) is 0 Å². The Morgan fingerprint density at radius 3 is 1.36 bits per heavy atom. The van der Waals surface area contributed by atoms with E-state index in [9.17, 15) is 9.59 Å². The number of carbonyl (C=O) groups excluding carboxylic acids is 2. The highest BCUT2D eigenvalue weighted by Crippen LogP contribution is 2.14. The van der Waals surface area contributed by atoms with Crippen LogP contribution in [0.5, 0.6) is 0 Å². The van der Waals surface area contributed by atoms with Gasteiger partial charge in [0, 0.05) is 25.4 Å². The van der Waals surface area contributed by atoms with Crippen LogP contribution in [0.2, 0.25) is 0 Å². The SMILES string of the molecule is CCCCCCCC/C=C\CCCCCCCC(=O)N[C@@H](CCCCNC(=O)CCCCCCCCCCCCC)C(C)C. The van der Waals surface area contributed by atoms with Gasteiger partial charge in [0.25, 0.3) is 0 Å². The molecule has 4 heteroatoms. The molecule has 0 heterocycles. The lowest BCUT2D eigenvalue weighted by atomic mass is 9.98. The molecule has 260 valence electrons. The molecule has 0 aromatic heterocycles. The molecule has 1 atom stereocenters. The molecule has 2 amide bonds. The fourth-order valence-electron chi connectivity index (χ4n) is 5.96. The first-order valence-electron chi connectivity index (χ1n) is 19.7. The molecule has 0 bridgehead atoms. The predicted molar refractivity (Wildman–Crippen MR) is 194 cm³/mol. The summed E-state index contributed by atoms with van der Waals surface area (Å²) in [5.41, 5.74) is 0. The molecule has 0 saturated carbocycles. The average Bonchev–Trinajstić information content (AvgIpc) is 3.00. The van der Waals surface area contributed by atoms with Crippen molar-refractivity contribution in [2.75, 3.05) is 6.54 Å². The summed E-state index contributed by atoms with van der Waals surface area (Å²) in [6.07, 6.45) is 40.1. The van der Waals surface area contributed by atoms with Gasteiger partial charge in [0.1, 0.15) is 0 Å². The van der Waals surface area contributed by atoms with Gasteiger partial charge in [-0.25, -0.2) is 0 Å². The molecule has 0 aliphatic heterocycles. The number of allylic oxidation sites excluding steroid dienone is 2. The van der Waals surface area contributed by atoms with Gasteiger partial charge in [-0.05, 0) is 63.7 Å². The first-order valence-corrected chi connectivity index (χ1v) is 19.7. The lowest BCUT2D eigenvalue weighted by Gasteiger charge is -2.22. The van der Waals surface area contributed by atoms with E-state index in [1.54, 1.807) is 0 Å². The maximum absolute atomic E-state index is 12.5. The molecular formula is C40H78N2O2. The summed E-state index contributed by atoms with van der Waals surface area (Å²) in [6.45, 7) is 9.69. The van der Waals surface area contributed by atoms with Crippen LogP contribution in [0.25, 0.3) is 0 Å². The van der Waals surface area contributed by atoms with Gasteiger partial charge in [0.2, 0.25) is 11.8 Å². The quantitative estimate of drug-likeness (QED) is 0.0557. The minimum Gasteiger partial charge on any atom is -0.356 e. The number of unbranched alkanes of at least 4 members (excludes halogenated alkanes) is 22. The van der Waals surface area contributed by atoms with Crippen molar-refractivity contribution in [3.63, 3.8) is 0 Å². The summed E-state index contributed by atoms with van der Waals surface area (Å²) >= 11 is 0. The van der Waals surface area contributed by atoms with Crippen LogP contribution in [-0.4, -0.2) is 24.4 Å². The molecule has 0 spiro atoms. The van der Waals surface area contributed by atoms with Crippen molar-refractivity contribution in [2.24, 2.45) is 5.92 Å². The molecular weight excluding hydrogens is 540 g/mol. The normalized spacial score (nSPS) is 12.3. The fraction of sp³-hybridized carbons (Fsp3) is 0.900. The van der Waals surface area contributed by atoms with Gasteiger partial charge in [-0.2, -0.15) is 0 Å². The first kappa shape index (κ1) is 42.7. The van der Waals surface area contributed by atoms with Crippen LogP contribution in [-0.2, 0) is 9.59 Å². The third kappa shape index (κ3) is 32.1. The highest BCUT2D eigenvalue weighted by atomic mass is 16.2. The second-order valence-corrected chi connectivity index (χ2v) is 13.9.